The number of hydrogen-bond donors (Lipinski definition) is 1. The summed E-state index contributed by atoms with van der Waals surface area (Å²) >= 11 is 0. The van der Waals surface area contributed by atoms with E-state index in [2.05, 4.69) is 5.10 Å². The molecule has 0 aliphatic carbocycles. The van der Waals surface area contributed by atoms with E-state index in [1.807, 2.05) is 38.2 Å². The van der Waals surface area contributed by atoms with Gasteiger partial charge in [0.2, 0.25) is 0 Å². The Balaban J connectivity index is 2.06. The first-order chi connectivity index (χ1) is 8.61. The molecule has 0 saturated heterocycles. The lowest BCUT2D eigenvalue weighted by atomic mass is 10.2. The highest BCUT2D eigenvalue weighted by atomic mass is 16.5. The van der Waals surface area contributed by atoms with Gasteiger partial charge in [-0.1, -0.05) is 0 Å². The third kappa shape index (κ3) is 2.40. The largest absolute Gasteiger partial charge is 0.497 e. The van der Waals surface area contributed by atoms with Gasteiger partial charge < -0.3 is 15.2 Å². The molecule has 1 aromatic heterocycles. The molecule has 5 nitrogen and oxygen atoms in total. The van der Waals surface area contributed by atoms with Crippen LogP contribution in [0.4, 0.5) is 5.82 Å². The van der Waals surface area contributed by atoms with Crippen molar-refractivity contribution in [1.29, 1.82) is 0 Å². The zero-order valence-electron chi connectivity index (χ0n) is 10.8. The van der Waals surface area contributed by atoms with Gasteiger partial charge in [-0.05, 0) is 31.2 Å². The van der Waals surface area contributed by atoms with E-state index in [4.69, 9.17) is 15.2 Å². The number of hydrogen-bond acceptors (Lipinski definition) is 4. The standard InChI is InChI=1S/C13H17N3O2/c1-9-12(13(14)16(2)15-9)8-18-11-6-4-10(17-3)5-7-11/h4-7H,8,14H2,1-3H3. The van der Waals surface area contributed by atoms with Gasteiger partial charge in [0, 0.05) is 7.05 Å². The van der Waals surface area contributed by atoms with E-state index in [1.165, 1.54) is 0 Å². The zero-order chi connectivity index (χ0) is 13.1. The fraction of sp³-hybridized carbons (Fsp3) is 0.308. The van der Waals surface area contributed by atoms with Crippen LogP contribution in [0.1, 0.15) is 11.3 Å². The van der Waals surface area contributed by atoms with Crippen molar-refractivity contribution in [3.05, 3.63) is 35.5 Å². The van der Waals surface area contributed by atoms with Crippen LogP contribution in [0.5, 0.6) is 11.5 Å². The normalized spacial score (nSPS) is 10.4. The molecule has 0 radical (unpaired) electrons. The minimum Gasteiger partial charge on any atom is -0.497 e. The second-order valence-corrected chi connectivity index (χ2v) is 4.04. The smallest absolute Gasteiger partial charge is 0.128 e. The van der Waals surface area contributed by atoms with Crippen LogP contribution in [-0.2, 0) is 13.7 Å². The Labute approximate surface area is 106 Å². The molecule has 0 unspecified atom stereocenters. The molecule has 0 atom stereocenters. The molecule has 1 heterocycles. The quantitative estimate of drug-likeness (QED) is 0.896. The summed E-state index contributed by atoms with van der Waals surface area (Å²) in [5.41, 5.74) is 7.73. The van der Waals surface area contributed by atoms with Gasteiger partial charge in [-0.15, -0.1) is 0 Å². The molecule has 0 aliphatic rings. The molecule has 5 heteroatoms. The number of aromatic nitrogens is 2. The van der Waals surface area contributed by atoms with E-state index < -0.39 is 0 Å². The molecule has 0 fully saturated rings. The van der Waals surface area contributed by atoms with Crippen molar-refractivity contribution in [2.24, 2.45) is 7.05 Å². The van der Waals surface area contributed by atoms with Crippen molar-refractivity contribution in [1.82, 2.24) is 9.78 Å². The van der Waals surface area contributed by atoms with Crippen LogP contribution in [0.15, 0.2) is 24.3 Å². The summed E-state index contributed by atoms with van der Waals surface area (Å²) in [7, 11) is 3.45. The van der Waals surface area contributed by atoms with Crippen LogP contribution in [0.25, 0.3) is 0 Å². The second-order valence-electron chi connectivity index (χ2n) is 4.04. The Morgan fingerprint density at radius 3 is 2.33 bits per heavy atom. The highest BCUT2D eigenvalue weighted by molar-refractivity contribution is 5.42. The summed E-state index contributed by atoms with van der Waals surface area (Å²) in [6.07, 6.45) is 0. The molecule has 0 saturated carbocycles. The van der Waals surface area contributed by atoms with Gasteiger partial charge >= 0.3 is 0 Å². The number of aryl methyl sites for hydroxylation is 2. The predicted molar refractivity (Wildman–Crippen MR) is 69.7 cm³/mol. The van der Waals surface area contributed by atoms with E-state index in [0.717, 1.165) is 22.8 Å². The van der Waals surface area contributed by atoms with Crippen LogP contribution in [0.2, 0.25) is 0 Å². The number of nitrogens with two attached hydrogens (primary N) is 1. The summed E-state index contributed by atoms with van der Waals surface area (Å²) in [5.74, 6) is 2.22. The van der Waals surface area contributed by atoms with E-state index in [0.29, 0.717) is 12.4 Å². The Morgan fingerprint density at radius 1 is 1.22 bits per heavy atom. The Bertz CT molecular complexity index is 532. The third-order valence-corrected chi connectivity index (χ3v) is 2.84. The zero-order valence-corrected chi connectivity index (χ0v) is 10.8. The second kappa shape index (κ2) is 5.00. The first-order valence-corrected chi connectivity index (χ1v) is 5.66. The van der Waals surface area contributed by atoms with Gasteiger partial charge in [0.15, 0.2) is 0 Å². The molecule has 2 rings (SSSR count). The summed E-state index contributed by atoms with van der Waals surface area (Å²) in [5, 5.41) is 4.24. The van der Waals surface area contributed by atoms with Gasteiger partial charge in [-0.25, -0.2) is 0 Å². The summed E-state index contributed by atoms with van der Waals surface area (Å²) in [6.45, 7) is 2.33. The van der Waals surface area contributed by atoms with Crippen molar-refractivity contribution < 1.29 is 9.47 Å². The molecule has 96 valence electrons. The highest BCUT2D eigenvalue weighted by Crippen LogP contribution is 2.21. The van der Waals surface area contributed by atoms with Crippen molar-refractivity contribution >= 4 is 5.82 Å². The maximum Gasteiger partial charge on any atom is 0.128 e. The SMILES string of the molecule is COc1ccc(OCc2c(C)nn(C)c2N)cc1. The summed E-state index contributed by atoms with van der Waals surface area (Å²) < 4.78 is 12.4. The molecule has 0 spiro atoms. The van der Waals surface area contributed by atoms with E-state index in [1.54, 1.807) is 11.8 Å². The average Bonchev–Trinajstić information content (AvgIpc) is 2.62. The van der Waals surface area contributed by atoms with Crippen molar-refractivity contribution in [2.75, 3.05) is 12.8 Å². The monoisotopic (exact) mass is 247 g/mol. The molecule has 0 amide bonds. The fourth-order valence-corrected chi connectivity index (χ4v) is 1.73. The maximum atomic E-state index is 5.91. The molecule has 0 bridgehead atoms. The van der Waals surface area contributed by atoms with Crippen LogP contribution >= 0.6 is 0 Å². The fourth-order valence-electron chi connectivity index (χ4n) is 1.73. The van der Waals surface area contributed by atoms with Gasteiger partial charge in [-0.3, -0.25) is 4.68 Å². The lowest BCUT2D eigenvalue weighted by molar-refractivity contribution is 0.305. The number of benzene rings is 1. The Kier molecular flexibility index (Phi) is 3.41. The number of anilines is 1. The lowest BCUT2D eigenvalue weighted by Crippen LogP contribution is -2.02. The van der Waals surface area contributed by atoms with E-state index in [9.17, 15) is 0 Å². The summed E-state index contributed by atoms with van der Waals surface area (Å²) in [4.78, 5) is 0. The van der Waals surface area contributed by atoms with Crippen LogP contribution in [0.3, 0.4) is 0 Å². The number of ether oxygens (including phenoxy) is 2. The molecular weight excluding hydrogens is 230 g/mol. The first-order valence-electron chi connectivity index (χ1n) is 5.66. The van der Waals surface area contributed by atoms with Gasteiger partial charge in [0.05, 0.1) is 18.4 Å². The number of nitrogen functional groups attached to an aromatic ring is 1. The number of rotatable bonds is 4. The number of methoxy groups -OCH3 is 1. The highest BCUT2D eigenvalue weighted by Gasteiger charge is 2.10. The van der Waals surface area contributed by atoms with Crippen molar-refractivity contribution in [3.8, 4) is 11.5 Å². The molecular formula is C13H17N3O2. The number of nitrogens with zero attached hydrogens (tertiary/aromatic N) is 2. The molecule has 18 heavy (non-hydrogen) atoms. The van der Waals surface area contributed by atoms with Gasteiger partial charge in [0.25, 0.3) is 0 Å². The van der Waals surface area contributed by atoms with E-state index in [-0.39, 0.29) is 0 Å². The Morgan fingerprint density at radius 2 is 1.83 bits per heavy atom. The van der Waals surface area contributed by atoms with Crippen molar-refractivity contribution in [3.63, 3.8) is 0 Å². The lowest BCUT2D eigenvalue weighted by Gasteiger charge is -2.07. The van der Waals surface area contributed by atoms with Gasteiger partial charge in [0.1, 0.15) is 23.9 Å². The topological polar surface area (TPSA) is 62.3 Å². The summed E-state index contributed by atoms with van der Waals surface area (Å²) in [6, 6.07) is 7.44. The molecule has 0 aliphatic heterocycles. The molecule has 2 N–H and O–H groups in total. The van der Waals surface area contributed by atoms with Gasteiger partial charge in [-0.2, -0.15) is 5.10 Å². The average molecular weight is 247 g/mol. The van der Waals surface area contributed by atoms with Crippen LogP contribution in [-0.4, -0.2) is 16.9 Å². The Hall–Kier alpha value is -2.17. The predicted octanol–water partition coefficient (Wildman–Crippen LogP) is 1.90. The maximum absolute atomic E-state index is 5.91. The molecule has 2 aromatic rings. The molecule has 1 aromatic carbocycles. The third-order valence-electron chi connectivity index (χ3n) is 2.84. The van der Waals surface area contributed by atoms with Crippen LogP contribution < -0.4 is 15.2 Å². The minimum atomic E-state index is 0.415. The van der Waals surface area contributed by atoms with Crippen molar-refractivity contribution in [2.45, 2.75) is 13.5 Å². The van der Waals surface area contributed by atoms with E-state index >= 15 is 0 Å². The first kappa shape index (κ1) is 12.3. The minimum absolute atomic E-state index is 0.415. The van der Waals surface area contributed by atoms with Crippen LogP contribution in [0, 0.1) is 6.92 Å².